The zero-order chi connectivity index (χ0) is 5.82. The predicted octanol–water partition coefficient (Wildman–Crippen LogP) is 0.853. The third-order valence-electron chi connectivity index (χ3n) is 0.843. The molecule has 2 heteroatoms. The van der Waals surface area contributed by atoms with Crippen molar-refractivity contribution >= 4 is 0 Å². The van der Waals surface area contributed by atoms with Crippen LogP contribution in [-0.2, 0) is 6.42 Å². The van der Waals surface area contributed by atoms with Crippen molar-refractivity contribution in [3.8, 4) is 0 Å². The van der Waals surface area contributed by atoms with E-state index in [-0.39, 0.29) is 0 Å². The van der Waals surface area contributed by atoms with Gasteiger partial charge in [-0.05, 0) is 13.0 Å². The molecule has 0 amide bonds. The third kappa shape index (κ3) is 1.03. The standard InChI is InChI=1S/C6H7N2/c1-2-6-7-4-3-5-8-6/h3-5H,1-2H2. The second kappa shape index (κ2) is 2.40. The Morgan fingerprint density at radius 1 is 1.38 bits per heavy atom. The normalized spacial score (nSPS) is 9.12. The summed E-state index contributed by atoms with van der Waals surface area (Å²) < 4.78 is 0. The van der Waals surface area contributed by atoms with Crippen LogP contribution in [0.15, 0.2) is 18.5 Å². The van der Waals surface area contributed by atoms with Crippen molar-refractivity contribution in [2.75, 3.05) is 0 Å². The summed E-state index contributed by atoms with van der Waals surface area (Å²) >= 11 is 0. The molecule has 0 aliphatic heterocycles. The Hall–Kier alpha value is -0.920. The van der Waals surface area contributed by atoms with E-state index in [9.17, 15) is 0 Å². The Kier molecular flexibility index (Phi) is 1.57. The quantitative estimate of drug-likeness (QED) is 0.531. The fourth-order valence-electron chi connectivity index (χ4n) is 0.459. The second-order valence-corrected chi connectivity index (χ2v) is 1.42. The number of hydrogen-bond donors (Lipinski definition) is 0. The molecule has 0 N–H and O–H groups in total. The molecule has 0 unspecified atom stereocenters. The lowest BCUT2D eigenvalue weighted by atomic mass is 10.4. The van der Waals surface area contributed by atoms with Gasteiger partial charge in [0.2, 0.25) is 0 Å². The molecule has 1 heterocycles. The van der Waals surface area contributed by atoms with Crippen LogP contribution < -0.4 is 0 Å². The third-order valence-corrected chi connectivity index (χ3v) is 0.843. The zero-order valence-electron chi connectivity index (χ0n) is 4.54. The monoisotopic (exact) mass is 107 g/mol. The van der Waals surface area contributed by atoms with Crippen LogP contribution in [0.3, 0.4) is 0 Å². The molecule has 0 bridgehead atoms. The van der Waals surface area contributed by atoms with Gasteiger partial charge in [-0.2, -0.15) is 0 Å². The smallest absolute Gasteiger partial charge is 0.128 e. The molecule has 0 saturated carbocycles. The molecule has 0 saturated heterocycles. The molecule has 41 valence electrons. The Balaban J connectivity index is 2.83. The van der Waals surface area contributed by atoms with E-state index in [2.05, 4.69) is 16.9 Å². The van der Waals surface area contributed by atoms with Gasteiger partial charge < -0.3 is 0 Å². The van der Waals surface area contributed by atoms with Crippen molar-refractivity contribution in [2.45, 2.75) is 6.42 Å². The van der Waals surface area contributed by atoms with Crippen molar-refractivity contribution < 1.29 is 0 Å². The van der Waals surface area contributed by atoms with Crippen molar-refractivity contribution in [1.82, 2.24) is 9.97 Å². The highest BCUT2D eigenvalue weighted by molar-refractivity contribution is 4.88. The molecule has 0 spiro atoms. The van der Waals surface area contributed by atoms with E-state index >= 15 is 0 Å². The van der Waals surface area contributed by atoms with Gasteiger partial charge in [0, 0.05) is 18.8 Å². The molecule has 2 nitrogen and oxygen atoms in total. The van der Waals surface area contributed by atoms with E-state index in [0.29, 0.717) is 6.42 Å². The lowest BCUT2D eigenvalue weighted by molar-refractivity contribution is 0.988. The van der Waals surface area contributed by atoms with Crippen molar-refractivity contribution in [1.29, 1.82) is 0 Å². The van der Waals surface area contributed by atoms with Crippen molar-refractivity contribution in [3.05, 3.63) is 31.2 Å². The summed E-state index contributed by atoms with van der Waals surface area (Å²) in [4.78, 5) is 7.85. The fraction of sp³-hybridized carbons (Fsp3) is 0.167. The summed E-state index contributed by atoms with van der Waals surface area (Å²) in [6.45, 7) is 3.63. The van der Waals surface area contributed by atoms with Gasteiger partial charge in [-0.1, -0.05) is 0 Å². The average molecular weight is 107 g/mol. The second-order valence-electron chi connectivity index (χ2n) is 1.42. The summed E-state index contributed by atoms with van der Waals surface area (Å²) in [5.41, 5.74) is 0. The molecular weight excluding hydrogens is 100 g/mol. The van der Waals surface area contributed by atoms with Crippen LogP contribution in [-0.4, -0.2) is 9.97 Å². The van der Waals surface area contributed by atoms with Gasteiger partial charge in [-0.3, -0.25) is 0 Å². The summed E-state index contributed by atoms with van der Waals surface area (Å²) in [5, 5.41) is 0. The largest absolute Gasteiger partial charge is 0.241 e. The van der Waals surface area contributed by atoms with Crippen molar-refractivity contribution in [2.24, 2.45) is 0 Å². The molecule has 0 aliphatic rings. The fourth-order valence-corrected chi connectivity index (χ4v) is 0.459. The molecule has 0 aliphatic carbocycles. The van der Waals surface area contributed by atoms with Crippen LogP contribution in [0.5, 0.6) is 0 Å². The van der Waals surface area contributed by atoms with E-state index in [4.69, 9.17) is 0 Å². The summed E-state index contributed by atoms with van der Waals surface area (Å²) in [7, 11) is 0. The average Bonchev–Trinajstić information content (AvgIpc) is 1.90. The van der Waals surface area contributed by atoms with Crippen LogP contribution in [0.25, 0.3) is 0 Å². The van der Waals surface area contributed by atoms with E-state index in [0.717, 1.165) is 5.82 Å². The molecule has 1 radical (unpaired) electrons. The predicted molar refractivity (Wildman–Crippen MR) is 31.1 cm³/mol. The topological polar surface area (TPSA) is 25.8 Å². The SMILES string of the molecule is [CH2]Cc1ncccn1. The van der Waals surface area contributed by atoms with Gasteiger partial charge in [0.1, 0.15) is 5.82 Å². The molecule has 1 aromatic rings. The first-order valence-corrected chi connectivity index (χ1v) is 2.48. The van der Waals surface area contributed by atoms with Gasteiger partial charge in [0.25, 0.3) is 0 Å². The molecule has 8 heavy (non-hydrogen) atoms. The van der Waals surface area contributed by atoms with Crippen LogP contribution in [0, 0.1) is 6.92 Å². The van der Waals surface area contributed by atoms with E-state index in [1.54, 1.807) is 18.5 Å². The highest BCUT2D eigenvalue weighted by atomic mass is 14.8. The Morgan fingerprint density at radius 3 is 2.38 bits per heavy atom. The van der Waals surface area contributed by atoms with Crippen LogP contribution in [0.2, 0.25) is 0 Å². The summed E-state index contributed by atoms with van der Waals surface area (Å²) in [6.07, 6.45) is 4.10. The van der Waals surface area contributed by atoms with Gasteiger partial charge >= 0.3 is 0 Å². The van der Waals surface area contributed by atoms with Gasteiger partial charge in [0.05, 0.1) is 0 Å². The Bertz CT molecular complexity index is 148. The van der Waals surface area contributed by atoms with Gasteiger partial charge in [-0.25, -0.2) is 9.97 Å². The molecular formula is C6H7N2. The summed E-state index contributed by atoms with van der Waals surface area (Å²) in [6, 6.07) is 1.79. The maximum Gasteiger partial charge on any atom is 0.128 e. The molecule has 1 rings (SSSR count). The summed E-state index contributed by atoms with van der Waals surface area (Å²) in [5.74, 6) is 0.799. The van der Waals surface area contributed by atoms with Crippen LogP contribution in [0.4, 0.5) is 0 Å². The number of aromatic nitrogens is 2. The van der Waals surface area contributed by atoms with Crippen LogP contribution >= 0.6 is 0 Å². The molecule has 0 fully saturated rings. The van der Waals surface area contributed by atoms with Gasteiger partial charge in [-0.15, -0.1) is 0 Å². The van der Waals surface area contributed by atoms with Crippen molar-refractivity contribution in [3.63, 3.8) is 0 Å². The number of nitrogens with zero attached hydrogens (tertiary/aromatic N) is 2. The number of rotatable bonds is 1. The first-order chi connectivity index (χ1) is 3.93. The molecule has 0 atom stereocenters. The van der Waals surface area contributed by atoms with E-state index in [1.165, 1.54) is 0 Å². The highest BCUT2D eigenvalue weighted by Gasteiger charge is 1.83. The highest BCUT2D eigenvalue weighted by Crippen LogP contribution is 1.84. The minimum atomic E-state index is 0.668. The lowest BCUT2D eigenvalue weighted by Gasteiger charge is -1.87. The first kappa shape index (κ1) is 5.22. The van der Waals surface area contributed by atoms with E-state index < -0.39 is 0 Å². The first-order valence-electron chi connectivity index (χ1n) is 2.48. The Morgan fingerprint density at radius 2 is 2.00 bits per heavy atom. The minimum absolute atomic E-state index is 0.668. The molecule has 0 aromatic carbocycles. The minimum Gasteiger partial charge on any atom is -0.241 e. The zero-order valence-corrected chi connectivity index (χ0v) is 4.54. The van der Waals surface area contributed by atoms with E-state index in [1.807, 2.05) is 0 Å². The van der Waals surface area contributed by atoms with Crippen LogP contribution in [0.1, 0.15) is 5.82 Å². The van der Waals surface area contributed by atoms with Gasteiger partial charge in [0.15, 0.2) is 0 Å². The molecule has 1 aromatic heterocycles. The lowest BCUT2D eigenvalue weighted by Crippen LogP contribution is -1.87. The maximum absolute atomic E-state index is 3.92. The maximum atomic E-state index is 3.92. The Labute approximate surface area is 48.6 Å². The number of hydrogen-bond acceptors (Lipinski definition) is 2.